The highest BCUT2D eigenvalue weighted by Crippen LogP contribution is 2.29. The number of benzene rings is 1. The summed E-state index contributed by atoms with van der Waals surface area (Å²) >= 11 is 0. The number of hydrogen-bond acceptors (Lipinski definition) is 5. The normalized spacial score (nSPS) is 11.6. The third-order valence-electron chi connectivity index (χ3n) is 2.96. The SMILES string of the molecule is CCC(CNc1ccc(OC)c(OC)c1)C(=O)OC. The molecule has 0 fully saturated rings. The summed E-state index contributed by atoms with van der Waals surface area (Å²) in [6.07, 6.45) is 0.729. The van der Waals surface area contributed by atoms with Crippen molar-refractivity contribution in [2.45, 2.75) is 13.3 Å². The molecule has 0 aliphatic rings. The van der Waals surface area contributed by atoms with E-state index in [0.717, 1.165) is 12.1 Å². The standard InChI is InChI=1S/C14H21NO4/c1-5-10(14(16)19-4)9-15-11-6-7-12(17-2)13(8-11)18-3/h6-8,10,15H,5,9H2,1-4H3. The van der Waals surface area contributed by atoms with Crippen molar-refractivity contribution < 1.29 is 19.0 Å². The molecule has 0 spiro atoms. The molecule has 0 radical (unpaired) electrons. The number of hydrogen-bond donors (Lipinski definition) is 1. The zero-order valence-electron chi connectivity index (χ0n) is 11.9. The van der Waals surface area contributed by atoms with Crippen LogP contribution in [0.4, 0.5) is 5.69 Å². The van der Waals surface area contributed by atoms with E-state index in [-0.39, 0.29) is 11.9 Å². The zero-order valence-corrected chi connectivity index (χ0v) is 11.9. The number of anilines is 1. The summed E-state index contributed by atoms with van der Waals surface area (Å²) in [5.74, 6) is 0.972. The molecule has 1 N–H and O–H groups in total. The van der Waals surface area contributed by atoms with Crippen LogP contribution in [0.15, 0.2) is 18.2 Å². The van der Waals surface area contributed by atoms with E-state index in [1.54, 1.807) is 14.2 Å². The number of methoxy groups -OCH3 is 3. The Hall–Kier alpha value is -1.91. The molecule has 19 heavy (non-hydrogen) atoms. The first-order chi connectivity index (χ1) is 9.15. The third-order valence-corrected chi connectivity index (χ3v) is 2.96. The van der Waals surface area contributed by atoms with E-state index >= 15 is 0 Å². The topological polar surface area (TPSA) is 56.8 Å². The minimum Gasteiger partial charge on any atom is -0.493 e. The van der Waals surface area contributed by atoms with Crippen molar-refractivity contribution in [2.75, 3.05) is 33.2 Å². The van der Waals surface area contributed by atoms with Crippen molar-refractivity contribution in [1.29, 1.82) is 0 Å². The molecule has 0 amide bonds. The predicted molar refractivity (Wildman–Crippen MR) is 73.8 cm³/mol. The van der Waals surface area contributed by atoms with Crippen LogP contribution < -0.4 is 14.8 Å². The van der Waals surface area contributed by atoms with E-state index in [4.69, 9.17) is 14.2 Å². The summed E-state index contributed by atoms with van der Waals surface area (Å²) in [5, 5.41) is 3.20. The molecule has 5 nitrogen and oxygen atoms in total. The van der Waals surface area contributed by atoms with E-state index < -0.39 is 0 Å². The summed E-state index contributed by atoms with van der Waals surface area (Å²) < 4.78 is 15.1. The quantitative estimate of drug-likeness (QED) is 0.768. The summed E-state index contributed by atoms with van der Waals surface area (Å²) in [6.45, 7) is 2.48. The lowest BCUT2D eigenvalue weighted by Crippen LogP contribution is -2.23. The molecule has 0 aromatic heterocycles. The molecule has 0 heterocycles. The van der Waals surface area contributed by atoms with Gasteiger partial charge in [-0.1, -0.05) is 6.92 Å². The first-order valence-corrected chi connectivity index (χ1v) is 6.20. The van der Waals surface area contributed by atoms with Crippen LogP contribution >= 0.6 is 0 Å². The maximum atomic E-state index is 11.5. The Morgan fingerprint density at radius 2 is 1.89 bits per heavy atom. The van der Waals surface area contributed by atoms with Gasteiger partial charge in [0.15, 0.2) is 11.5 Å². The maximum Gasteiger partial charge on any atom is 0.310 e. The Balaban J connectivity index is 2.69. The second kappa shape index (κ2) is 7.51. The molecule has 106 valence electrons. The molecule has 1 unspecified atom stereocenters. The maximum absolute atomic E-state index is 11.5. The second-order valence-electron chi connectivity index (χ2n) is 4.08. The molecule has 0 saturated carbocycles. The minimum atomic E-state index is -0.199. The minimum absolute atomic E-state index is 0.155. The van der Waals surface area contributed by atoms with Gasteiger partial charge < -0.3 is 19.5 Å². The Morgan fingerprint density at radius 3 is 2.42 bits per heavy atom. The number of nitrogens with one attached hydrogen (secondary N) is 1. The molecule has 0 aliphatic heterocycles. The van der Waals surface area contributed by atoms with Gasteiger partial charge in [-0.2, -0.15) is 0 Å². The van der Waals surface area contributed by atoms with E-state index in [2.05, 4.69) is 5.32 Å². The van der Waals surface area contributed by atoms with Crippen LogP contribution in [-0.2, 0) is 9.53 Å². The Bertz CT molecular complexity index is 420. The van der Waals surface area contributed by atoms with E-state index in [1.165, 1.54) is 7.11 Å². The third kappa shape index (κ3) is 4.05. The Kier molecular flexibility index (Phi) is 5.99. The van der Waals surface area contributed by atoms with Crippen molar-refractivity contribution in [3.8, 4) is 11.5 Å². The van der Waals surface area contributed by atoms with Crippen LogP contribution in [0.2, 0.25) is 0 Å². The fourth-order valence-electron chi connectivity index (χ4n) is 1.75. The fourth-order valence-corrected chi connectivity index (χ4v) is 1.75. The molecule has 0 saturated heterocycles. The fraction of sp³-hybridized carbons (Fsp3) is 0.500. The molecule has 1 rings (SSSR count). The molecule has 5 heteroatoms. The molecule has 0 aliphatic carbocycles. The van der Waals surface area contributed by atoms with Gasteiger partial charge in [-0.25, -0.2) is 0 Å². The van der Waals surface area contributed by atoms with Crippen LogP contribution in [0.1, 0.15) is 13.3 Å². The Labute approximate surface area is 113 Å². The van der Waals surface area contributed by atoms with Crippen LogP contribution in [-0.4, -0.2) is 33.8 Å². The van der Waals surface area contributed by atoms with Crippen LogP contribution in [0.25, 0.3) is 0 Å². The average Bonchev–Trinajstić information content (AvgIpc) is 2.47. The summed E-state index contributed by atoms with van der Waals surface area (Å²) in [7, 11) is 4.58. The molecule has 1 aromatic carbocycles. The van der Waals surface area contributed by atoms with Gasteiger partial charge in [0.25, 0.3) is 0 Å². The lowest BCUT2D eigenvalue weighted by atomic mass is 10.1. The van der Waals surface area contributed by atoms with Crippen molar-refractivity contribution in [3.05, 3.63) is 18.2 Å². The van der Waals surface area contributed by atoms with Gasteiger partial charge >= 0.3 is 5.97 Å². The van der Waals surface area contributed by atoms with Crippen molar-refractivity contribution in [2.24, 2.45) is 5.92 Å². The van der Waals surface area contributed by atoms with Gasteiger partial charge in [-0.3, -0.25) is 4.79 Å². The highest BCUT2D eigenvalue weighted by Gasteiger charge is 2.16. The average molecular weight is 267 g/mol. The van der Waals surface area contributed by atoms with Crippen LogP contribution in [0, 0.1) is 5.92 Å². The molecular formula is C14H21NO4. The molecule has 1 atom stereocenters. The number of carbonyl (C=O) groups is 1. The van der Waals surface area contributed by atoms with E-state index in [0.29, 0.717) is 18.0 Å². The van der Waals surface area contributed by atoms with Crippen LogP contribution in [0.5, 0.6) is 11.5 Å². The van der Waals surface area contributed by atoms with E-state index in [9.17, 15) is 4.79 Å². The molecule has 1 aromatic rings. The second-order valence-corrected chi connectivity index (χ2v) is 4.08. The van der Waals surface area contributed by atoms with Crippen molar-refractivity contribution >= 4 is 11.7 Å². The van der Waals surface area contributed by atoms with Crippen molar-refractivity contribution in [1.82, 2.24) is 0 Å². The summed E-state index contributed by atoms with van der Waals surface area (Å²) in [4.78, 5) is 11.5. The summed E-state index contributed by atoms with van der Waals surface area (Å²) in [5.41, 5.74) is 0.875. The predicted octanol–water partition coefficient (Wildman–Crippen LogP) is 2.31. The van der Waals surface area contributed by atoms with Gasteiger partial charge in [0.2, 0.25) is 0 Å². The number of ether oxygens (including phenoxy) is 3. The summed E-state index contributed by atoms with van der Waals surface area (Å²) in [6, 6.07) is 5.54. The lowest BCUT2D eigenvalue weighted by Gasteiger charge is -2.15. The Morgan fingerprint density at radius 1 is 1.21 bits per heavy atom. The number of carbonyl (C=O) groups excluding carboxylic acids is 1. The largest absolute Gasteiger partial charge is 0.493 e. The number of rotatable bonds is 7. The first-order valence-electron chi connectivity index (χ1n) is 6.20. The lowest BCUT2D eigenvalue weighted by molar-refractivity contribution is -0.145. The smallest absolute Gasteiger partial charge is 0.310 e. The van der Waals surface area contributed by atoms with Gasteiger partial charge in [-0.15, -0.1) is 0 Å². The van der Waals surface area contributed by atoms with Crippen molar-refractivity contribution in [3.63, 3.8) is 0 Å². The first kappa shape index (κ1) is 15.1. The highest BCUT2D eigenvalue weighted by atomic mass is 16.5. The zero-order chi connectivity index (χ0) is 14.3. The number of esters is 1. The van der Waals surface area contributed by atoms with Crippen LogP contribution in [0.3, 0.4) is 0 Å². The van der Waals surface area contributed by atoms with Gasteiger partial charge in [0.1, 0.15) is 0 Å². The highest BCUT2D eigenvalue weighted by molar-refractivity contribution is 5.73. The van der Waals surface area contributed by atoms with Gasteiger partial charge in [0, 0.05) is 18.3 Å². The van der Waals surface area contributed by atoms with Gasteiger partial charge in [-0.05, 0) is 18.6 Å². The van der Waals surface area contributed by atoms with E-state index in [1.807, 2.05) is 25.1 Å². The molecular weight excluding hydrogens is 246 g/mol. The van der Waals surface area contributed by atoms with Gasteiger partial charge in [0.05, 0.1) is 27.2 Å². The molecule has 0 bridgehead atoms. The monoisotopic (exact) mass is 267 g/mol.